The molecule has 0 spiro atoms. The van der Waals surface area contributed by atoms with Crippen molar-refractivity contribution in [3.63, 3.8) is 0 Å². The van der Waals surface area contributed by atoms with Gasteiger partial charge in [0.25, 0.3) is 0 Å². The van der Waals surface area contributed by atoms with E-state index in [1.807, 2.05) is 16.8 Å². The van der Waals surface area contributed by atoms with Gasteiger partial charge in [-0.25, -0.2) is 4.79 Å². The molecule has 0 aliphatic heterocycles. The molecule has 0 amide bonds. The van der Waals surface area contributed by atoms with Crippen molar-refractivity contribution in [1.29, 1.82) is 0 Å². The second-order valence-corrected chi connectivity index (χ2v) is 4.45. The van der Waals surface area contributed by atoms with E-state index in [1.54, 1.807) is 29.5 Å². The highest BCUT2D eigenvalue weighted by Gasteiger charge is 2.14. The van der Waals surface area contributed by atoms with Crippen molar-refractivity contribution in [1.82, 2.24) is 0 Å². The van der Waals surface area contributed by atoms with E-state index in [0.29, 0.717) is 17.0 Å². The number of benzene rings is 1. The molecule has 2 N–H and O–H groups in total. The lowest BCUT2D eigenvalue weighted by Crippen LogP contribution is -2.07. The number of thiophene rings is 1. The number of hydrogen-bond donors (Lipinski definition) is 1. The number of esters is 1. The predicted octanol–water partition coefficient (Wildman–Crippen LogP) is 2.70. The summed E-state index contributed by atoms with van der Waals surface area (Å²) in [5, 5.41) is 3.88. The number of carbonyl (C=O) groups excluding carboxylic acids is 1. The van der Waals surface area contributed by atoms with Crippen molar-refractivity contribution in [3.8, 4) is 5.75 Å². The second-order valence-electron chi connectivity index (χ2n) is 3.67. The molecule has 94 valence electrons. The molecule has 1 aromatic heterocycles. The maximum Gasteiger partial charge on any atom is 0.342 e. The van der Waals surface area contributed by atoms with Gasteiger partial charge in [0.15, 0.2) is 0 Å². The van der Waals surface area contributed by atoms with Gasteiger partial charge in [0.05, 0.1) is 7.11 Å². The lowest BCUT2D eigenvalue weighted by Gasteiger charge is -2.08. The molecule has 4 nitrogen and oxygen atoms in total. The van der Waals surface area contributed by atoms with Crippen LogP contribution in [0.1, 0.15) is 15.9 Å². The standard InChI is InChI=1S/C13H13NO3S/c1-16-12-6-10(14)2-3-11(12)13(15)17-7-9-4-5-18-8-9/h2-6,8H,7,14H2,1H3. The minimum absolute atomic E-state index is 0.260. The molecule has 0 saturated heterocycles. The highest BCUT2D eigenvalue weighted by molar-refractivity contribution is 7.07. The van der Waals surface area contributed by atoms with E-state index in [0.717, 1.165) is 5.56 Å². The Balaban J connectivity index is 2.09. The van der Waals surface area contributed by atoms with Crippen LogP contribution in [0.5, 0.6) is 5.75 Å². The number of methoxy groups -OCH3 is 1. The summed E-state index contributed by atoms with van der Waals surface area (Å²) in [6.45, 7) is 0.260. The first-order valence-corrected chi connectivity index (χ1v) is 6.26. The van der Waals surface area contributed by atoms with E-state index >= 15 is 0 Å². The molecular formula is C13H13NO3S. The van der Waals surface area contributed by atoms with Crippen LogP contribution in [0.15, 0.2) is 35.0 Å². The maximum absolute atomic E-state index is 11.9. The van der Waals surface area contributed by atoms with Gasteiger partial charge in [-0.15, -0.1) is 0 Å². The van der Waals surface area contributed by atoms with Crippen LogP contribution in [0.3, 0.4) is 0 Å². The predicted molar refractivity (Wildman–Crippen MR) is 70.8 cm³/mol. The molecular weight excluding hydrogens is 250 g/mol. The molecule has 0 fully saturated rings. The summed E-state index contributed by atoms with van der Waals surface area (Å²) in [6, 6.07) is 6.76. The van der Waals surface area contributed by atoms with Crippen molar-refractivity contribution < 1.29 is 14.3 Å². The summed E-state index contributed by atoms with van der Waals surface area (Å²) in [7, 11) is 1.49. The summed E-state index contributed by atoms with van der Waals surface area (Å²) in [6.07, 6.45) is 0. The Morgan fingerprint density at radius 3 is 2.89 bits per heavy atom. The van der Waals surface area contributed by atoms with Crippen LogP contribution in [0.2, 0.25) is 0 Å². The molecule has 0 bridgehead atoms. The summed E-state index contributed by atoms with van der Waals surface area (Å²) in [5.74, 6) is 0.00312. The lowest BCUT2D eigenvalue weighted by molar-refractivity contribution is 0.0469. The average molecular weight is 263 g/mol. The highest BCUT2D eigenvalue weighted by atomic mass is 32.1. The van der Waals surface area contributed by atoms with Gasteiger partial charge in [-0.3, -0.25) is 0 Å². The lowest BCUT2D eigenvalue weighted by atomic mass is 10.2. The van der Waals surface area contributed by atoms with E-state index in [-0.39, 0.29) is 6.61 Å². The molecule has 0 aliphatic carbocycles. The highest BCUT2D eigenvalue weighted by Crippen LogP contribution is 2.22. The van der Waals surface area contributed by atoms with Crippen LogP contribution in [0.4, 0.5) is 5.69 Å². The van der Waals surface area contributed by atoms with Crippen LogP contribution < -0.4 is 10.5 Å². The zero-order valence-electron chi connectivity index (χ0n) is 9.88. The smallest absolute Gasteiger partial charge is 0.342 e. The Labute approximate surface area is 109 Å². The van der Waals surface area contributed by atoms with E-state index in [9.17, 15) is 4.79 Å². The van der Waals surface area contributed by atoms with Gasteiger partial charge < -0.3 is 15.2 Å². The SMILES string of the molecule is COc1cc(N)ccc1C(=O)OCc1ccsc1. The first kappa shape index (κ1) is 12.4. The third-order valence-electron chi connectivity index (χ3n) is 2.40. The number of nitrogens with two attached hydrogens (primary N) is 1. The zero-order chi connectivity index (χ0) is 13.0. The van der Waals surface area contributed by atoms with Gasteiger partial charge >= 0.3 is 5.97 Å². The molecule has 1 heterocycles. The number of carbonyl (C=O) groups is 1. The Morgan fingerprint density at radius 1 is 1.39 bits per heavy atom. The first-order valence-electron chi connectivity index (χ1n) is 5.32. The Bertz CT molecular complexity index is 537. The fraction of sp³-hybridized carbons (Fsp3) is 0.154. The van der Waals surface area contributed by atoms with Gasteiger partial charge in [-0.05, 0) is 29.0 Å². The number of hydrogen-bond acceptors (Lipinski definition) is 5. The number of ether oxygens (including phenoxy) is 2. The number of nitrogen functional groups attached to an aromatic ring is 1. The van der Waals surface area contributed by atoms with Crippen molar-refractivity contribution in [2.24, 2.45) is 0 Å². The molecule has 18 heavy (non-hydrogen) atoms. The fourth-order valence-corrected chi connectivity index (χ4v) is 2.13. The summed E-state index contributed by atoms with van der Waals surface area (Å²) < 4.78 is 10.3. The number of rotatable bonds is 4. The van der Waals surface area contributed by atoms with Gasteiger partial charge in [0, 0.05) is 17.3 Å². The van der Waals surface area contributed by atoms with Gasteiger partial charge in [0.2, 0.25) is 0 Å². The molecule has 0 radical (unpaired) electrons. The van der Waals surface area contributed by atoms with Crippen LogP contribution in [-0.4, -0.2) is 13.1 Å². The average Bonchev–Trinajstić information content (AvgIpc) is 2.88. The monoisotopic (exact) mass is 263 g/mol. The van der Waals surface area contributed by atoms with Crippen molar-refractivity contribution >= 4 is 23.0 Å². The normalized spacial score (nSPS) is 10.1. The second kappa shape index (κ2) is 5.55. The van der Waals surface area contributed by atoms with Gasteiger partial charge in [-0.1, -0.05) is 0 Å². The van der Waals surface area contributed by atoms with Crippen LogP contribution >= 0.6 is 11.3 Å². The third-order valence-corrected chi connectivity index (χ3v) is 3.13. The molecule has 0 aliphatic rings. The van der Waals surface area contributed by atoms with Crippen molar-refractivity contribution in [2.75, 3.05) is 12.8 Å². The topological polar surface area (TPSA) is 61.5 Å². The minimum Gasteiger partial charge on any atom is -0.496 e. The van der Waals surface area contributed by atoms with Crippen molar-refractivity contribution in [3.05, 3.63) is 46.2 Å². The molecule has 0 unspecified atom stereocenters. The fourth-order valence-electron chi connectivity index (χ4n) is 1.48. The van der Waals surface area contributed by atoms with E-state index < -0.39 is 5.97 Å². The Hall–Kier alpha value is -2.01. The Morgan fingerprint density at radius 2 is 2.22 bits per heavy atom. The molecule has 1 aromatic carbocycles. The van der Waals surface area contributed by atoms with Crippen molar-refractivity contribution in [2.45, 2.75) is 6.61 Å². The van der Waals surface area contributed by atoms with E-state index in [2.05, 4.69) is 0 Å². The maximum atomic E-state index is 11.9. The summed E-state index contributed by atoms with van der Waals surface area (Å²) >= 11 is 1.56. The van der Waals surface area contributed by atoms with Crippen LogP contribution in [0.25, 0.3) is 0 Å². The van der Waals surface area contributed by atoms with Crippen LogP contribution in [-0.2, 0) is 11.3 Å². The first-order chi connectivity index (χ1) is 8.70. The molecule has 2 rings (SSSR count). The van der Waals surface area contributed by atoms with Crippen LogP contribution in [0, 0.1) is 0 Å². The Kier molecular flexibility index (Phi) is 3.84. The van der Waals surface area contributed by atoms with E-state index in [1.165, 1.54) is 7.11 Å². The molecule has 5 heteroatoms. The van der Waals surface area contributed by atoms with Gasteiger partial charge in [0.1, 0.15) is 17.9 Å². The zero-order valence-corrected chi connectivity index (χ0v) is 10.7. The van der Waals surface area contributed by atoms with E-state index in [4.69, 9.17) is 15.2 Å². The van der Waals surface area contributed by atoms with Gasteiger partial charge in [-0.2, -0.15) is 11.3 Å². The molecule has 2 aromatic rings. The summed E-state index contributed by atoms with van der Waals surface area (Å²) in [4.78, 5) is 11.9. The molecule has 0 atom stereocenters. The third kappa shape index (κ3) is 2.81. The quantitative estimate of drug-likeness (QED) is 0.680. The minimum atomic E-state index is -0.418. The largest absolute Gasteiger partial charge is 0.496 e. The summed E-state index contributed by atoms with van der Waals surface area (Å²) in [5.41, 5.74) is 7.52. The molecule has 0 saturated carbocycles. The number of anilines is 1.